The van der Waals surface area contributed by atoms with Gasteiger partial charge in [0.25, 0.3) is 10.1 Å². The predicted octanol–water partition coefficient (Wildman–Crippen LogP) is 3.00. The van der Waals surface area contributed by atoms with Gasteiger partial charge in [-0.3, -0.25) is 4.55 Å². The maximum atomic E-state index is 11.2. The number of nitrogens with zero attached hydrogens (tertiary/aromatic N) is 1. The zero-order chi connectivity index (χ0) is 14.2. The summed E-state index contributed by atoms with van der Waals surface area (Å²) in [5, 5.41) is 0. The molecule has 0 radical (unpaired) electrons. The lowest BCUT2D eigenvalue weighted by atomic mass is 10.2. The van der Waals surface area contributed by atoms with Crippen LogP contribution in [-0.2, 0) is 16.7 Å². The summed E-state index contributed by atoms with van der Waals surface area (Å²) in [6.45, 7) is 0.618. The van der Waals surface area contributed by atoms with E-state index in [9.17, 15) is 8.42 Å². The van der Waals surface area contributed by atoms with Crippen LogP contribution in [0.2, 0.25) is 0 Å². The van der Waals surface area contributed by atoms with Gasteiger partial charge in [-0.15, -0.1) is 11.8 Å². The van der Waals surface area contributed by atoms with Crippen molar-refractivity contribution in [3.05, 3.63) is 54.1 Å². The van der Waals surface area contributed by atoms with Gasteiger partial charge in [0.1, 0.15) is 0 Å². The number of benzene rings is 2. The number of fused-ring (bicyclic) bond motifs is 1. The van der Waals surface area contributed by atoms with E-state index in [1.807, 2.05) is 18.2 Å². The molecule has 1 heterocycles. The molecule has 0 atom stereocenters. The minimum atomic E-state index is -4.14. The Morgan fingerprint density at radius 1 is 1.15 bits per heavy atom. The van der Waals surface area contributed by atoms with Crippen LogP contribution < -0.4 is 4.90 Å². The van der Waals surface area contributed by atoms with Crippen LogP contribution in [0.5, 0.6) is 0 Å². The molecule has 6 heteroatoms. The van der Waals surface area contributed by atoms with Crippen molar-refractivity contribution in [1.82, 2.24) is 0 Å². The second-order valence-electron chi connectivity index (χ2n) is 4.56. The monoisotopic (exact) mass is 307 g/mol. The minimum absolute atomic E-state index is 0.0601. The van der Waals surface area contributed by atoms with Gasteiger partial charge in [-0.05, 0) is 29.8 Å². The summed E-state index contributed by atoms with van der Waals surface area (Å²) in [5.74, 6) is 0.843. The average molecular weight is 307 g/mol. The summed E-state index contributed by atoms with van der Waals surface area (Å²) < 4.78 is 31.4. The van der Waals surface area contributed by atoms with E-state index in [-0.39, 0.29) is 4.90 Å². The van der Waals surface area contributed by atoms with E-state index in [4.69, 9.17) is 4.55 Å². The second-order valence-corrected chi connectivity index (χ2v) is 6.97. The first kappa shape index (κ1) is 13.5. The van der Waals surface area contributed by atoms with Crippen LogP contribution in [-0.4, -0.2) is 18.8 Å². The van der Waals surface area contributed by atoms with Crippen molar-refractivity contribution in [3.63, 3.8) is 0 Å². The molecule has 0 saturated heterocycles. The standard InChI is InChI=1S/C14H13NO3S2/c16-20(17,18)12-5-3-4-11(8-12)9-15-10-19-14-7-2-1-6-13(14)15/h1-8H,9-10H2,(H,16,17,18). The molecule has 104 valence electrons. The van der Waals surface area contributed by atoms with Crippen LogP contribution >= 0.6 is 11.8 Å². The molecule has 2 aromatic carbocycles. The Labute approximate surface area is 122 Å². The van der Waals surface area contributed by atoms with Crippen molar-refractivity contribution in [2.75, 3.05) is 10.8 Å². The van der Waals surface area contributed by atoms with Gasteiger partial charge in [0.05, 0.1) is 16.5 Å². The number of hydrogen-bond acceptors (Lipinski definition) is 4. The first-order chi connectivity index (χ1) is 9.54. The van der Waals surface area contributed by atoms with Crippen molar-refractivity contribution in [2.45, 2.75) is 16.3 Å². The first-order valence-corrected chi connectivity index (χ1v) is 8.50. The van der Waals surface area contributed by atoms with E-state index in [1.54, 1.807) is 17.8 Å². The molecule has 1 aliphatic heterocycles. The molecule has 0 unspecified atom stereocenters. The van der Waals surface area contributed by atoms with E-state index in [0.717, 1.165) is 17.1 Å². The lowest BCUT2D eigenvalue weighted by Crippen LogP contribution is -2.18. The van der Waals surface area contributed by atoms with Crippen LogP contribution in [0.3, 0.4) is 0 Å². The van der Waals surface area contributed by atoms with E-state index in [0.29, 0.717) is 6.54 Å². The smallest absolute Gasteiger partial charge is 0.294 e. The van der Waals surface area contributed by atoms with Crippen LogP contribution in [0.25, 0.3) is 0 Å². The molecule has 0 spiro atoms. The van der Waals surface area contributed by atoms with E-state index in [2.05, 4.69) is 17.0 Å². The Balaban J connectivity index is 1.87. The van der Waals surface area contributed by atoms with Gasteiger partial charge in [0.15, 0.2) is 0 Å². The van der Waals surface area contributed by atoms with Gasteiger partial charge >= 0.3 is 0 Å². The molecule has 0 aromatic heterocycles. The quantitative estimate of drug-likeness (QED) is 0.883. The van der Waals surface area contributed by atoms with Gasteiger partial charge in [0, 0.05) is 11.4 Å². The number of rotatable bonds is 3. The highest BCUT2D eigenvalue weighted by atomic mass is 32.2. The normalized spacial score (nSPS) is 14.3. The summed E-state index contributed by atoms with van der Waals surface area (Å²) in [6, 6.07) is 14.6. The Bertz CT molecular complexity index is 744. The second kappa shape index (κ2) is 5.12. The van der Waals surface area contributed by atoms with Crippen molar-refractivity contribution >= 4 is 27.6 Å². The maximum absolute atomic E-state index is 11.2. The minimum Gasteiger partial charge on any atom is -0.357 e. The molecule has 0 fully saturated rings. The highest BCUT2D eigenvalue weighted by Crippen LogP contribution is 2.38. The van der Waals surface area contributed by atoms with Gasteiger partial charge in [-0.2, -0.15) is 8.42 Å². The molecule has 2 aromatic rings. The Morgan fingerprint density at radius 3 is 2.75 bits per heavy atom. The molecule has 3 rings (SSSR count). The molecular weight excluding hydrogens is 294 g/mol. The average Bonchev–Trinajstić information content (AvgIpc) is 2.82. The zero-order valence-corrected chi connectivity index (χ0v) is 12.2. The third-order valence-electron chi connectivity index (χ3n) is 3.15. The molecular formula is C14H13NO3S2. The number of thioether (sulfide) groups is 1. The summed E-state index contributed by atoms with van der Waals surface area (Å²) in [5.41, 5.74) is 2.02. The topological polar surface area (TPSA) is 57.6 Å². The van der Waals surface area contributed by atoms with Gasteiger partial charge in [-0.1, -0.05) is 24.3 Å². The van der Waals surface area contributed by atoms with Crippen molar-refractivity contribution in [2.24, 2.45) is 0 Å². The SMILES string of the molecule is O=S(=O)(O)c1cccc(CN2CSc3ccccc32)c1. The fraction of sp³-hybridized carbons (Fsp3) is 0.143. The Kier molecular flexibility index (Phi) is 3.45. The highest BCUT2D eigenvalue weighted by molar-refractivity contribution is 7.99. The van der Waals surface area contributed by atoms with Crippen LogP contribution in [0.4, 0.5) is 5.69 Å². The summed E-state index contributed by atoms with van der Waals surface area (Å²) in [6.07, 6.45) is 0. The predicted molar refractivity (Wildman–Crippen MR) is 79.6 cm³/mol. The third-order valence-corrected chi connectivity index (χ3v) is 5.10. The Hall–Kier alpha value is -1.50. The van der Waals surface area contributed by atoms with Gasteiger partial charge in [-0.25, -0.2) is 0 Å². The lowest BCUT2D eigenvalue weighted by Gasteiger charge is -2.18. The van der Waals surface area contributed by atoms with E-state index in [1.165, 1.54) is 17.0 Å². The van der Waals surface area contributed by atoms with E-state index >= 15 is 0 Å². The molecule has 0 bridgehead atoms. The molecule has 20 heavy (non-hydrogen) atoms. The van der Waals surface area contributed by atoms with E-state index < -0.39 is 10.1 Å². The highest BCUT2D eigenvalue weighted by Gasteiger charge is 2.19. The van der Waals surface area contributed by atoms with Gasteiger partial charge in [0.2, 0.25) is 0 Å². The molecule has 4 nitrogen and oxygen atoms in total. The van der Waals surface area contributed by atoms with Crippen molar-refractivity contribution < 1.29 is 13.0 Å². The summed E-state index contributed by atoms with van der Waals surface area (Å²) in [7, 11) is -4.14. The fourth-order valence-electron chi connectivity index (χ4n) is 2.21. The lowest BCUT2D eigenvalue weighted by molar-refractivity contribution is 0.483. The summed E-state index contributed by atoms with van der Waals surface area (Å²) in [4.78, 5) is 3.36. The van der Waals surface area contributed by atoms with Crippen molar-refractivity contribution in [3.8, 4) is 0 Å². The fourth-order valence-corrected chi connectivity index (χ4v) is 3.81. The number of hydrogen-bond donors (Lipinski definition) is 1. The van der Waals surface area contributed by atoms with Crippen LogP contribution in [0.1, 0.15) is 5.56 Å². The van der Waals surface area contributed by atoms with Crippen LogP contribution in [0.15, 0.2) is 58.3 Å². The third kappa shape index (κ3) is 2.67. The molecule has 0 amide bonds. The summed E-state index contributed by atoms with van der Waals surface area (Å²) >= 11 is 1.76. The maximum Gasteiger partial charge on any atom is 0.294 e. The van der Waals surface area contributed by atoms with Crippen molar-refractivity contribution in [1.29, 1.82) is 0 Å². The number of anilines is 1. The molecule has 1 aliphatic rings. The van der Waals surface area contributed by atoms with Crippen LogP contribution in [0, 0.1) is 0 Å². The number of para-hydroxylation sites is 1. The van der Waals surface area contributed by atoms with Gasteiger partial charge < -0.3 is 4.90 Å². The molecule has 1 N–H and O–H groups in total. The molecule has 0 aliphatic carbocycles. The zero-order valence-electron chi connectivity index (χ0n) is 10.6. The molecule has 0 saturated carbocycles. The first-order valence-electron chi connectivity index (χ1n) is 6.07. The Morgan fingerprint density at radius 2 is 1.95 bits per heavy atom. The largest absolute Gasteiger partial charge is 0.357 e.